The molecular formula is C17H21F2N3O3S. The third kappa shape index (κ3) is 4.46. The van der Waals surface area contributed by atoms with Crippen molar-refractivity contribution < 1.29 is 22.0 Å². The first-order chi connectivity index (χ1) is 12.0. The fourth-order valence-electron chi connectivity index (χ4n) is 2.46. The Morgan fingerprint density at radius 1 is 1.27 bits per heavy atom. The van der Waals surface area contributed by atoms with Gasteiger partial charge >= 0.3 is 0 Å². The summed E-state index contributed by atoms with van der Waals surface area (Å²) in [4.78, 5) is 16.2. The molecule has 0 saturated heterocycles. The molecule has 0 fully saturated rings. The van der Waals surface area contributed by atoms with E-state index in [2.05, 4.69) is 10.3 Å². The fraction of sp³-hybridized carbons (Fsp3) is 0.412. The molecule has 0 aliphatic rings. The van der Waals surface area contributed by atoms with Crippen LogP contribution in [0, 0.1) is 31.4 Å². The quantitative estimate of drug-likeness (QED) is 0.829. The molecular weight excluding hydrogens is 364 g/mol. The number of benzene rings is 1. The summed E-state index contributed by atoms with van der Waals surface area (Å²) in [5.41, 5.74) is 0.845. The number of halogens is 2. The predicted octanol–water partition coefficient (Wildman–Crippen LogP) is 2.85. The van der Waals surface area contributed by atoms with E-state index in [1.54, 1.807) is 18.4 Å². The van der Waals surface area contributed by atoms with Gasteiger partial charge in [0.05, 0.1) is 11.4 Å². The van der Waals surface area contributed by atoms with E-state index in [1.807, 2.05) is 13.8 Å². The topological polar surface area (TPSA) is 81.1 Å². The summed E-state index contributed by atoms with van der Waals surface area (Å²) in [6, 6.07) is 2.53. The van der Waals surface area contributed by atoms with Crippen LogP contribution in [0.5, 0.6) is 0 Å². The van der Waals surface area contributed by atoms with Crippen molar-refractivity contribution >= 4 is 21.4 Å². The molecule has 1 aromatic carbocycles. The van der Waals surface area contributed by atoms with Crippen LogP contribution in [0.1, 0.15) is 25.2 Å². The Morgan fingerprint density at radius 3 is 2.54 bits per heavy atom. The van der Waals surface area contributed by atoms with E-state index >= 15 is 0 Å². The lowest BCUT2D eigenvalue weighted by Crippen LogP contribution is -2.26. The van der Waals surface area contributed by atoms with Crippen LogP contribution in [0.4, 0.5) is 14.5 Å². The lowest BCUT2D eigenvalue weighted by molar-refractivity contribution is -0.113. The number of amides is 1. The second-order valence-corrected chi connectivity index (χ2v) is 8.38. The first-order valence-corrected chi connectivity index (χ1v) is 9.68. The molecule has 0 bridgehead atoms. The second kappa shape index (κ2) is 7.53. The van der Waals surface area contributed by atoms with Gasteiger partial charge in [0.25, 0.3) is 0 Å². The van der Waals surface area contributed by atoms with E-state index in [0.29, 0.717) is 17.9 Å². The highest BCUT2D eigenvalue weighted by molar-refractivity contribution is 7.92. The Hall–Kier alpha value is -2.29. The zero-order valence-corrected chi connectivity index (χ0v) is 15.8. The summed E-state index contributed by atoms with van der Waals surface area (Å²) in [6.45, 7) is 7.75. The van der Waals surface area contributed by atoms with Gasteiger partial charge in [-0.2, -0.15) is 0 Å². The van der Waals surface area contributed by atoms with E-state index < -0.39 is 38.8 Å². The average Bonchev–Trinajstić information content (AvgIpc) is 2.79. The standard InChI is InChI=1S/C17H21F2N3O3S/c1-10(2)8-22-12(4)11(3)20-17(22)26(24,25)9-16(23)21-15-7-13(18)5-6-14(15)19/h5-7,10H,8-9H2,1-4H3,(H,21,23). The van der Waals surface area contributed by atoms with Crippen molar-refractivity contribution in [3.05, 3.63) is 41.2 Å². The van der Waals surface area contributed by atoms with Crippen molar-refractivity contribution in [3.63, 3.8) is 0 Å². The lowest BCUT2D eigenvalue weighted by Gasteiger charge is -2.13. The molecule has 0 saturated carbocycles. The summed E-state index contributed by atoms with van der Waals surface area (Å²) in [5.74, 6) is -3.32. The van der Waals surface area contributed by atoms with E-state index in [-0.39, 0.29) is 11.1 Å². The molecule has 0 atom stereocenters. The number of anilines is 1. The van der Waals surface area contributed by atoms with Crippen LogP contribution >= 0.6 is 0 Å². The molecule has 0 aliphatic carbocycles. The molecule has 0 spiro atoms. The summed E-state index contributed by atoms with van der Waals surface area (Å²) in [7, 11) is -4.06. The van der Waals surface area contributed by atoms with Crippen molar-refractivity contribution in [2.24, 2.45) is 5.92 Å². The number of rotatable bonds is 6. The second-order valence-electron chi connectivity index (χ2n) is 6.50. The maximum Gasteiger partial charge on any atom is 0.240 e. The third-order valence-corrected chi connectivity index (χ3v) is 5.28. The van der Waals surface area contributed by atoms with Crippen LogP contribution in [-0.2, 0) is 21.2 Å². The maximum atomic E-state index is 13.6. The molecule has 0 unspecified atom stereocenters. The van der Waals surface area contributed by atoms with Crippen LogP contribution in [0.3, 0.4) is 0 Å². The van der Waals surface area contributed by atoms with Gasteiger partial charge in [-0.05, 0) is 31.9 Å². The molecule has 6 nitrogen and oxygen atoms in total. The number of nitrogens with one attached hydrogen (secondary N) is 1. The monoisotopic (exact) mass is 385 g/mol. The number of carbonyl (C=O) groups is 1. The SMILES string of the molecule is Cc1nc(S(=O)(=O)CC(=O)Nc2cc(F)ccc2F)n(CC(C)C)c1C. The number of imidazole rings is 1. The number of aryl methyl sites for hydroxylation is 1. The summed E-state index contributed by atoms with van der Waals surface area (Å²) < 4.78 is 53.6. The van der Waals surface area contributed by atoms with Gasteiger partial charge in [-0.1, -0.05) is 13.8 Å². The summed E-state index contributed by atoms with van der Waals surface area (Å²) in [6.07, 6.45) is 0. The van der Waals surface area contributed by atoms with Crippen LogP contribution in [0.15, 0.2) is 23.4 Å². The summed E-state index contributed by atoms with van der Waals surface area (Å²) in [5, 5.41) is 1.89. The van der Waals surface area contributed by atoms with Crippen molar-refractivity contribution in [3.8, 4) is 0 Å². The van der Waals surface area contributed by atoms with Gasteiger partial charge in [-0.15, -0.1) is 0 Å². The fourth-order valence-corrected chi connectivity index (χ4v) is 3.83. The Balaban J connectivity index is 2.27. The predicted molar refractivity (Wildman–Crippen MR) is 93.6 cm³/mol. The Morgan fingerprint density at radius 2 is 1.92 bits per heavy atom. The molecule has 1 heterocycles. The molecule has 1 aromatic heterocycles. The van der Waals surface area contributed by atoms with Gasteiger partial charge in [-0.25, -0.2) is 22.2 Å². The number of hydrogen-bond donors (Lipinski definition) is 1. The van der Waals surface area contributed by atoms with Crippen LogP contribution in [0.2, 0.25) is 0 Å². The smallest absolute Gasteiger partial charge is 0.240 e. The number of aromatic nitrogens is 2. The zero-order chi connectivity index (χ0) is 19.6. The first-order valence-electron chi connectivity index (χ1n) is 8.02. The molecule has 1 N–H and O–H groups in total. The number of nitrogens with zero attached hydrogens (tertiary/aromatic N) is 2. The molecule has 26 heavy (non-hydrogen) atoms. The van der Waals surface area contributed by atoms with E-state index in [9.17, 15) is 22.0 Å². The zero-order valence-electron chi connectivity index (χ0n) is 15.0. The highest BCUT2D eigenvalue weighted by Crippen LogP contribution is 2.20. The van der Waals surface area contributed by atoms with Crippen molar-refractivity contribution in [2.45, 2.75) is 39.4 Å². The molecule has 2 rings (SSSR count). The first kappa shape index (κ1) is 20.0. The Kier molecular flexibility index (Phi) is 5.80. The van der Waals surface area contributed by atoms with E-state index in [0.717, 1.165) is 18.2 Å². The van der Waals surface area contributed by atoms with Crippen molar-refractivity contribution in [2.75, 3.05) is 11.1 Å². The largest absolute Gasteiger partial charge is 0.323 e. The average molecular weight is 385 g/mol. The molecule has 142 valence electrons. The number of sulfone groups is 1. The highest BCUT2D eigenvalue weighted by atomic mass is 32.2. The van der Waals surface area contributed by atoms with Crippen LogP contribution in [0.25, 0.3) is 0 Å². The molecule has 1 amide bonds. The van der Waals surface area contributed by atoms with Crippen LogP contribution in [-0.4, -0.2) is 29.6 Å². The van der Waals surface area contributed by atoms with Gasteiger partial charge in [0.2, 0.25) is 20.9 Å². The number of carbonyl (C=O) groups excluding carboxylic acids is 1. The maximum absolute atomic E-state index is 13.6. The van der Waals surface area contributed by atoms with Gasteiger partial charge in [0.15, 0.2) is 0 Å². The Labute approximate surface area is 151 Å². The van der Waals surface area contributed by atoms with Crippen molar-refractivity contribution in [1.29, 1.82) is 0 Å². The van der Waals surface area contributed by atoms with E-state index in [4.69, 9.17) is 0 Å². The third-order valence-electron chi connectivity index (χ3n) is 3.77. The van der Waals surface area contributed by atoms with Crippen molar-refractivity contribution in [1.82, 2.24) is 9.55 Å². The highest BCUT2D eigenvalue weighted by Gasteiger charge is 2.27. The Bertz CT molecular complexity index is 937. The summed E-state index contributed by atoms with van der Waals surface area (Å²) >= 11 is 0. The van der Waals surface area contributed by atoms with Gasteiger partial charge in [-0.3, -0.25) is 4.79 Å². The van der Waals surface area contributed by atoms with Gasteiger partial charge < -0.3 is 9.88 Å². The molecule has 9 heteroatoms. The van der Waals surface area contributed by atoms with Gasteiger partial charge in [0, 0.05) is 18.3 Å². The lowest BCUT2D eigenvalue weighted by atomic mass is 10.2. The minimum absolute atomic E-state index is 0.173. The van der Waals surface area contributed by atoms with Crippen LogP contribution < -0.4 is 5.32 Å². The molecule has 0 aliphatic heterocycles. The minimum atomic E-state index is -4.06. The number of hydrogen-bond acceptors (Lipinski definition) is 4. The van der Waals surface area contributed by atoms with Gasteiger partial charge in [0.1, 0.15) is 17.4 Å². The molecule has 0 radical (unpaired) electrons. The molecule has 2 aromatic rings. The minimum Gasteiger partial charge on any atom is -0.323 e. The van der Waals surface area contributed by atoms with E-state index in [1.165, 1.54) is 0 Å². The normalized spacial score (nSPS) is 11.8.